The standard InChI is InChI=1S/C14H19BrN2OS.ClH/c15-12-2-1-11(19-12)13(18)17-9-5-14(6-10-17)3-7-16-8-4-14;/h1-2,16H,3-10H2;1H. The number of hydrogen-bond acceptors (Lipinski definition) is 3. The van der Waals surface area contributed by atoms with E-state index >= 15 is 0 Å². The van der Waals surface area contributed by atoms with Gasteiger partial charge in [0.15, 0.2) is 0 Å². The van der Waals surface area contributed by atoms with Crippen molar-refractivity contribution >= 4 is 45.6 Å². The van der Waals surface area contributed by atoms with Gasteiger partial charge in [-0.25, -0.2) is 0 Å². The van der Waals surface area contributed by atoms with Crippen LogP contribution in [0.5, 0.6) is 0 Å². The molecule has 2 fully saturated rings. The fourth-order valence-electron chi connectivity index (χ4n) is 3.23. The number of piperidine rings is 2. The van der Waals surface area contributed by atoms with Crippen LogP contribution in [0.4, 0.5) is 0 Å². The topological polar surface area (TPSA) is 32.3 Å². The summed E-state index contributed by atoms with van der Waals surface area (Å²) in [5, 5.41) is 3.43. The van der Waals surface area contributed by atoms with Gasteiger partial charge in [-0.1, -0.05) is 0 Å². The van der Waals surface area contributed by atoms with Crippen LogP contribution in [0.1, 0.15) is 35.4 Å². The molecule has 0 atom stereocenters. The largest absolute Gasteiger partial charge is 0.338 e. The van der Waals surface area contributed by atoms with Crippen LogP contribution in [-0.4, -0.2) is 37.0 Å². The van der Waals surface area contributed by atoms with Gasteiger partial charge in [0.25, 0.3) is 5.91 Å². The number of likely N-dealkylation sites (tertiary alicyclic amines) is 1. The number of rotatable bonds is 1. The molecule has 0 unspecified atom stereocenters. The number of carbonyl (C=O) groups is 1. The van der Waals surface area contributed by atoms with Gasteiger partial charge < -0.3 is 10.2 Å². The van der Waals surface area contributed by atoms with E-state index in [4.69, 9.17) is 0 Å². The van der Waals surface area contributed by atoms with Crippen molar-refractivity contribution in [1.82, 2.24) is 10.2 Å². The van der Waals surface area contributed by atoms with Crippen molar-refractivity contribution in [3.63, 3.8) is 0 Å². The molecule has 6 heteroatoms. The Morgan fingerprint density at radius 1 is 1.20 bits per heavy atom. The van der Waals surface area contributed by atoms with E-state index in [1.165, 1.54) is 37.0 Å². The molecule has 2 aliphatic heterocycles. The number of hydrogen-bond donors (Lipinski definition) is 1. The second-order valence-electron chi connectivity index (χ2n) is 5.65. The first-order valence-corrected chi connectivity index (χ1v) is 8.55. The Balaban J connectivity index is 0.00000147. The first kappa shape index (κ1) is 16.3. The van der Waals surface area contributed by atoms with Gasteiger partial charge in [-0.2, -0.15) is 0 Å². The van der Waals surface area contributed by atoms with Gasteiger partial charge in [-0.15, -0.1) is 23.7 Å². The molecule has 3 heterocycles. The maximum Gasteiger partial charge on any atom is 0.263 e. The Labute approximate surface area is 138 Å². The quantitative estimate of drug-likeness (QED) is 0.809. The van der Waals surface area contributed by atoms with Gasteiger partial charge in [0.2, 0.25) is 0 Å². The number of carbonyl (C=O) groups excluding carboxylic acids is 1. The van der Waals surface area contributed by atoms with E-state index in [0.29, 0.717) is 5.41 Å². The maximum absolute atomic E-state index is 12.4. The molecule has 0 radical (unpaired) electrons. The monoisotopic (exact) mass is 378 g/mol. The van der Waals surface area contributed by atoms with Crippen LogP contribution >= 0.6 is 39.7 Å². The smallest absolute Gasteiger partial charge is 0.263 e. The average Bonchev–Trinajstić information content (AvgIpc) is 2.87. The third kappa shape index (κ3) is 3.38. The van der Waals surface area contributed by atoms with Crippen LogP contribution in [-0.2, 0) is 0 Å². The molecule has 112 valence electrons. The Hall–Kier alpha value is -0.100. The Kier molecular flexibility index (Phi) is 5.51. The lowest BCUT2D eigenvalue weighted by molar-refractivity contribution is 0.0500. The number of amides is 1. The van der Waals surface area contributed by atoms with Crippen molar-refractivity contribution in [3.8, 4) is 0 Å². The minimum Gasteiger partial charge on any atom is -0.338 e. The van der Waals surface area contributed by atoms with Gasteiger partial charge in [-0.3, -0.25) is 4.79 Å². The van der Waals surface area contributed by atoms with E-state index in [1.54, 1.807) is 0 Å². The summed E-state index contributed by atoms with van der Waals surface area (Å²) < 4.78 is 1.03. The highest BCUT2D eigenvalue weighted by Crippen LogP contribution is 2.40. The van der Waals surface area contributed by atoms with Crippen molar-refractivity contribution in [2.75, 3.05) is 26.2 Å². The zero-order valence-corrected chi connectivity index (χ0v) is 14.6. The van der Waals surface area contributed by atoms with Gasteiger partial charge >= 0.3 is 0 Å². The number of nitrogens with zero attached hydrogens (tertiary/aromatic N) is 1. The SMILES string of the molecule is Cl.O=C(c1ccc(Br)s1)N1CCC2(CCNCC2)CC1. The predicted molar refractivity (Wildman–Crippen MR) is 88.9 cm³/mol. The molecule has 3 rings (SSSR count). The summed E-state index contributed by atoms with van der Waals surface area (Å²) in [5.74, 6) is 0.208. The van der Waals surface area contributed by atoms with E-state index in [0.717, 1.165) is 34.8 Å². The lowest BCUT2D eigenvalue weighted by atomic mass is 9.71. The van der Waals surface area contributed by atoms with Crippen LogP contribution in [0.2, 0.25) is 0 Å². The zero-order chi connectivity index (χ0) is 13.3. The lowest BCUT2D eigenvalue weighted by Crippen LogP contribution is -2.47. The highest BCUT2D eigenvalue weighted by atomic mass is 79.9. The molecule has 3 nitrogen and oxygen atoms in total. The lowest BCUT2D eigenvalue weighted by Gasteiger charge is -2.44. The first-order valence-electron chi connectivity index (χ1n) is 6.94. The van der Waals surface area contributed by atoms with Crippen molar-refractivity contribution < 1.29 is 4.79 Å². The van der Waals surface area contributed by atoms with E-state index in [2.05, 4.69) is 21.2 Å². The summed E-state index contributed by atoms with van der Waals surface area (Å²) in [4.78, 5) is 15.3. The molecule has 0 aromatic carbocycles. The molecule has 1 aromatic rings. The third-order valence-electron chi connectivity index (χ3n) is 4.56. The molecular weight excluding hydrogens is 360 g/mol. The normalized spacial score (nSPS) is 21.6. The summed E-state index contributed by atoms with van der Waals surface area (Å²) in [5.41, 5.74) is 0.512. The van der Waals surface area contributed by atoms with Crippen LogP contribution in [0.25, 0.3) is 0 Å². The predicted octanol–water partition coefficient (Wildman–Crippen LogP) is 3.54. The first-order chi connectivity index (χ1) is 9.19. The molecule has 1 aromatic heterocycles. The number of thiophene rings is 1. The second-order valence-corrected chi connectivity index (χ2v) is 8.11. The van der Waals surface area contributed by atoms with E-state index in [-0.39, 0.29) is 18.3 Å². The Bertz CT molecular complexity index is 463. The molecule has 2 saturated heterocycles. The molecule has 1 N–H and O–H groups in total. The van der Waals surface area contributed by atoms with Crippen molar-refractivity contribution in [1.29, 1.82) is 0 Å². The summed E-state index contributed by atoms with van der Waals surface area (Å²) in [6.45, 7) is 4.14. The Morgan fingerprint density at radius 3 is 2.40 bits per heavy atom. The molecule has 0 aliphatic carbocycles. The van der Waals surface area contributed by atoms with E-state index < -0.39 is 0 Å². The van der Waals surface area contributed by atoms with Crippen molar-refractivity contribution in [2.24, 2.45) is 5.41 Å². The fourth-order valence-corrected chi connectivity index (χ4v) is 4.58. The van der Waals surface area contributed by atoms with Gasteiger partial charge in [-0.05, 0) is 72.3 Å². The van der Waals surface area contributed by atoms with Crippen LogP contribution in [0.3, 0.4) is 0 Å². The van der Waals surface area contributed by atoms with Gasteiger partial charge in [0.1, 0.15) is 0 Å². The van der Waals surface area contributed by atoms with Crippen molar-refractivity contribution in [3.05, 3.63) is 20.8 Å². The van der Waals surface area contributed by atoms with Crippen molar-refractivity contribution in [2.45, 2.75) is 25.7 Å². The molecular formula is C14H20BrClN2OS. The highest BCUT2D eigenvalue weighted by molar-refractivity contribution is 9.11. The summed E-state index contributed by atoms with van der Waals surface area (Å²) in [6, 6.07) is 3.88. The van der Waals surface area contributed by atoms with Gasteiger partial charge in [0, 0.05) is 13.1 Å². The number of halogens is 2. The maximum atomic E-state index is 12.4. The second kappa shape index (κ2) is 6.77. The van der Waals surface area contributed by atoms with Gasteiger partial charge in [0.05, 0.1) is 8.66 Å². The minimum atomic E-state index is 0. The zero-order valence-electron chi connectivity index (χ0n) is 11.4. The average molecular weight is 380 g/mol. The van der Waals surface area contributed by atoms with Crippen LogP contribution in [0.15, 0.2) is 15.9 Å². The Morgan fingerprint density at radius 2 is 1.85 bits per heavy atom. The fraction of sp³-hybridized carbons (Fsp3) is 0.643. The molecule has 20 heavy (non-hydrogen) atoms. The molecule has 1 spiro atoms. The van der Waals surface area contributed by atoms with Crippen LogP contribution < -0.4 is 5.32 Å². The number of nitrogens with one attached hydrogen (secondary N) is 1. The van der Waals surface area contributed by atoms with Crippen LogP contribution in [0, 0.1) is 5.41 Å². The third-order valence-corrected chi connectivity index (χ3v) is 6.17. The van der Waals surface area contributed by atoms with E-state index in [9.17, 15) is 4.79 Å². The summed E-state index contributed by atoms with van der Waals surface area (Å²) in [6.07, 6.45) is 4.90. The molecule has 0 saturated carbocycles. The molecule has 2 aliphatic rings. The van der Waals surface area contributed by atoms with E-state index in [1.807, 2.05) is 17.0 Å². The molecule has 0 bridgehead atoms. The molecule has 1 amide bonds. The summed E-state index contributed by atoms with van der Waals surface area (Å²) >= 11 is 4.95. The highest BCUT2D eigenvalue weighted by Gasteiger charge is 2.36. The minimum absolute atomic E-state index is 0. The summed E-state index contributed by atoms with van der Waals surface area (Å²) in [7, 11) is 0.